The number of hydrogen-bond donors (Lipinski definition) is 1. The number of carbonyl (C=O) groups is 1. The van der Waals surface area contributed by atoms with Crippen molar-refractivity contribution in [3.05, 3.63) is 46.6 Å². The zero-order chi connectivity index (χ0) is 27.7. The van der Waals surface area contributed by atoms with Crippen LogP contribution in [0.1, 0.15) is 33.8 Å². The standard InChI is InChI=1S/C17H18ClF2N3O5S/c1-9(2)27-17-12(18)5-10(8-21-17)28-15-7-13(19)11(6-14(15)20)16(24)22-29(25,26)23(3)4/h5-9H,1-4H3,(H,22,24)/i3D2,4D3,6D,7D. The highest BCUT2D eigenvalue weighted by Gasteiger charge is 2.23. The summed E-state index contributed by atoms with van der Waals surface area (Å²) in [5.74, 6) is -7.10. The van der Waals surface area contributed by atoms with Crippen LogP contribution in [0.15, 0.2) is 24.3 Å². The fourth-order valence-corrected chi connectivity index (χ4v) is 2.41. The maximum absolute atomic E-state index is 14.8. The van der Waals surface area contributed by atoms with Crippen LogP contribution in [0.2, 0.25) is 5.02 Å². The lowest BCUT2D eigenvalue weighted by Crippen LogP contribution is -2.39. The molecule has 0 bridgehead atoms. The Bertz CT molecular complexity index is 1250. The summed E-state index contributed by atoms with van der Waals surface area (Å²) in [5.41, 5.74) is -1.57. The zero-order valence-electron chi connectivity index (χ0n) is 21.8. The van der Waals surface area contributed by atoms with Crippen LogP contribution in [0, 0.1) is 11.6 Å². The summed E-state index contributed by atoms with van der Waals surface area (Å²) in [7, 11) is -5.47. The Labute approximate surface area is 181 Å². The molecule has 0 saturated heterocycles. The quantitative estimate of drug-likeness (QED) is 0.687. The molecule has 0 unspecified atom stereocenters. The van der Waals surface area contributed by atoms with Gasteiger partial charge in [0, 0.05) is 32.9 Å². The molecule has 0 aliphatic heterocycles. The number of hydrogen-bond acceptors (Lipinski definition) is 6. The molecule has 1 heterocycles. The van der Waals surface area contributed by atoms with E-state index in [4.69, 9.17) is 30.7 Å². The van der Waals surface area contributed by atoms with Gasteiger partial charge in [0.25, 0.3) is 5.91 Å². The Balaban J connectivity index is 2.46. The van der Waals surface area contributed by atoms with Gasteiger partial charge >= 0.3 is 10.2 Å². The molecule has 1 N–H and O–H groups in total. The predicted octanol–water partition coefficient (Wildman–Crippen LogP) is 3.13. The minimum absolute atomic E-state index is 0.000117. The Morgan fingerprint density at radius 1 is 1.38 bits per heavy atom. The van der Waals surface area contributed by atoms with Crippen molar-refractivity contribution in [2.24, 2.45) is 0 Å². The lowest BCUT2D eigenvalue weighted by Gasteiger charge is -2.14. The van der Waals surface area contributed by atoms with Crippen LogP contribution in [-0.4, -0.2) is 43.7 Å². The molecular weight excluding hydrogens is 432 g/mol. The largest absolute Gasteiger partial charge is 0.474 e. The lowest BCUT2D eigenvalue weighted by molar-refractivity contribution is 0.0975. The average Bonchev–Trinajstić information content (AvgIpc) is 2.69. The fraction of sp³-hybridized carbons (Fsp3) is 0.294. The van der Waals surface area contributed by atoms with Crippen LogP contribution in [0.25, 0.3) is 0 Å². The third-order valence-electron chi connectivity index (χ3n) is 2.93. The molecule has 158 valence electrons. The first-order valence-corrected chi connectivity index (χ1v) is 9.39. The summed E-state index contributed by atoms with van der Waals surface area (Å²) in [4.78, 5) is 16.2. The maximum Gasteiger partial charge on any atom is 0.303 e. The van der Waals surface area contributed by atoms with E-state index in [2.05, 4.69) is 4.98 Å². The highest BCUT2D eigenvalue weighted by molar-refractivity contribution is 7.87. The molecule has 12 heteroatoms. The van der Waals surface area contributed by atoms with Gasteiger partial charge in [-0.15, -0.1) is 0 Å². The Morgan fingerprint density at radius 2 is 2.10 bits per heavy atom. The summed E-state index contributed by atoms with van der Waals surface area (Å²) in [6.45, 7) is -2.84. The van der Waals surface area contributed by atoms with Crippen LogP contribution < -0.4 is 14.2 Å². The van der Waals surface area contributed by atoms with E-state index in [-0.39, 0.29) is 22.8 Å². The van der Waals surface area contributed by atoms with Gasteiger partial charge in [0.05, 0.1) is 20.6 Å². The van der Waals surface area contributed by atoms with E-state index in [1.807, 2.05) is 0 Å². The molecule has 1 aromatic carbocycles. The number of nitrogens with zero attached hydrogens (tertiary/aromatic N) is 2. The van der Waals surface area contributed by atoms with Gasteiger partial charge < -0.3 is 9.47 Å². The molecule has 29 heavy (non-hydrogen) atoms. The number of ether oxygens (including phenoxy) is 2. The number of amides is 1. The highest BCUT2D eigenvalue weighted by atomic mass is 35.5. The predicted molar refractivity (Wildman–Crippen MR) is 102 cm³/mol. The molecule has 1 amide bonds. The van der Waals surface area contributed by atoms with Crippen molar-refractivity contribution in [2.75, 3.05) is 14.0 Å². The first-order chi connectivity index (χ1) is 16.4. The molecule has 0 aliphatic rings. The normalized spacial score (nSPS) is 15.7. The van der Waals surface area contributed by atoms with Gasteiger partial charge in [-0.3, -0.25) is 4.79 Å². The second-order valence-electron chi connectivity index (χ2n) is 5.54. The first-order valence-electron chi connectivity index (χ1n) is 11.2. The van der Waals surface area contributed by atoms with E-state index < -0.39 is 69.4 Å². The topological polar surface area (TPSA) is 97.8 Å². The van der Waals surface area contributed by atoms with Gasteiger partial charge in [0.1, 0.15) is 16.6 Å². The van der Waals surface area contributed by atoms with E-state index in [0.717, 1.165) is 17.0 Å². The SMILES string of the molecule is [2H]c1c(F)c(C(=O)NS(=O)(=O)N(C([2H])[2H])C([2H])([2H])[2H])c([2H])c(F)c1Oc1cnc(OC(C)C)c(Cl)c1. The average molecular weight is 457 g/mol. The van der Waals surface area contributed by atoms with Crippen molar-refractivity contribution in [3.63, 3.8) is 0 Å². The molecule has 2 rings (SSSR count). The monoisotopic (exact) mass is 456 g/mol. The summed E-state index contributed by atoms with van der Waals surface area (Å²) >= 11 is 5.99. The van der Waals surface area contributed by atoms with Crippen molar-refractivity contribution in [1.82, 2.24) is 14.0 Å². The van der Waals surface area contributed by atoms with Crippen LogP contribution in [0.5, 0.6) is 17.4 Å². The second kappa shape index (κ2) is 8.89. The summed E-state index contributed by atoms with van der Waals surface area (Å²) in [6, 6.07) is -1.82. The zero-order valence-corrected chi connectivity index (χ0v) is 16.4. The van der Waals surface area contributed by atoms with Gasteiger partial charge in [-0.05, 0) is 19.9 Å². The van der Waals surface area contributed by atoms with Crippen LogP contribution in [-0.2, 0) is 10.2 Å². The minimum atomic E-state index is -5.47. The van der Waals surface area contributed by atoms with Gasteiger partial charge in [-0.25, -0.2) is 18.5 Å². The maximum atomic E-state index is 14.8. The van der Waals surface area contributed by atoms with E-state index >= 15 is 0 Å². The number of halogens is 3. The summed E-state index contributed by atoms with van der Waals surface area (Å²) in [6.07, 6.45) is 0.708. The van der Waals surface area contributed by atoms with E-state index in [1.54, 1.807) is 13.8 Å². The molecule has 0 aliphatic carbocycles. The molecular formula is C17H18ClF2N3O5S. The van der Waals surface area contributed by atoms with E-state index in [9.17, 15) is 22.0 Å². The van der Waals surface area contributed by atoms with Crippen molar-refractivity contribution in [2.45, 2.75) is 20.0 Å². The fourth-order valence-electron chi connectivity index (χ4n) is 1.77. The van der Waals surface area contributed by atoms with Gasteiger partial charge in [-0.1, -0.05) is 11.6 Å². The molecule has 1 aromatic heterocycles. The molecule has 0 saturated carbocycles. The number of carbonyl (C=O) groups excluding carboxylic acids is 1. The first kappa shape index (κ1) is 14.5. The number of pyridine rings is 1. The molecule has 0 radical (unpaired) electrons. The van der Waals surface area contributed by atoms with Crippen LogP contribution >= 0.6 is 11.6 Å². The molecule has 8 nitrogen and oxygen atoms in total. The number of nitrogens with one attached hydrogen (secondary N) is 1. The lowest BCUT2D eigenvalue weighted by atomic mass is 10.2. The van der Waals surface area contributed by atoms with Crippen molar-refractivity contribution in [3.8, 4) is 17.4 Å². The molecule has 0 fully saturated rings. The molecule has 0 atom stereocenters. The van der Waals surface area contributed by atoms with Crippen molar-refractivity contribution in [1.29, 1.82) is 0 Å². The number of benzene rings is 1. The smallest absolute Gasteiger partial charge is 0.303 e. The van der Waals surface area contributed by atoms with Crippen molar-refractivity contribution < 1.29 is 41.1 Å². The molecule has 2 aromatic rings. The van der Waals surface area contributed by atoms with E-state index in [1.165, 1.54) is 0 Å². The molecule has 0 spiro atoms. The van der Waals surface area contributed by atoms with E-state index in [0.29, 0.717) is 0 Å². The van der Waals surface area contributed by atoms with Gasteiger partial charge in [0.2, 0.25) is 5.88 Å². The third kappa shape index (κ3) is 5.75. The number of rotatable bonds is 7. The Hall–Kier alpha value is -2.50. The summed E-state index contributed by atoms with van der Waals surface area (Å²) in [5, 5.41) is -0.0817. The van der Waals surface area contributed by atoms with Crippen LogP contribution in [0.4, 0.5) is 8.78 Å². The Kier molecular flexibility index (Phi) is 4.44. The van der Waals surface area contributed by atoms with Gasteiger partial charge in [-0.2, -0.15) is 12.7 Å². The van der Waals surface area contributed by atoms with Gasteiger partial charge in [0.15, 0.2) is 11.6 Å². The van der Waals surface area contributed by atoms with Crippen molar-refractivity contribution >= 4 is 27.7 Å². The minimum Gasteiger partial charge on any atom is -0.474 e. The third-order valence-corrected chi connectivity index (χ3v) is 4.17. The van der Waals surface area contributed by atoms with Crippen LogP contribution in [0.3, 0.4) is 0 Å². The summed E-state index contributed by atoms with van der Waals surface area (Å²) < 4.78 is 116. The number of aromatic nitrogens is 1. The second-order valence-corrected chi connectivity index (χ2v) is 7.50. The highest BCUT2D eigenvalue weighted by Crippen LogP contribution is 2.31. The Morgan fingerprint density at radius 3 is 2.69 bits per heavy atom.